The number of hydrogen-bond donors (Lipinski definition) is 0. The number of furan rings is 1. The quantitative estimate of drug-likeness (QED) is 0.809. The molecular formula is C13H13N3O3S. The highest BCUT2D eigenvalue weighted by molar-refractivity contribution is 7.89. The minimum Gasteiger partial charge on any atom is -0.452 e. The van der Waals surface area contributed by atoms with Crippen LogP contribution in [-0.4, -0.2) is 24.3 Å². The maximum absolute atomic E-state index is 12.4. The highest BCUT2D eigenvalue weighted by atomic mass is 32.2. The molecule has 2 rings (SSSR count). The van der Waals surface area contributed by atoms with Crippen molar-refractivity contribution in [3.8, 4) is 6.07 Å². The van der Waals surface area contributed by atoms with E-state index in [0.717, 1.165) is 5.56 Å². The molecule has 104 valence electrons. The molecule has 0 saturated heterocycles. The molecule has 7 heteroatoms. The van der Waals surface area contributed by atoms with Gasteiger partial charge in [-0.05, 0) is 23.8 Å². The van der Waals surface area contributed by atoms with E-state index in [-0.39, 0.29) is 24.6 Å². The van der Waals surface area contributed by atoms with Gasteiger partial charge in [-0.15, -0.1) is 0 Å². The zero-order valence-corrected chi connectivity index (χ0v) is 11.5. The third kappa shape index (κ3) is 3.23. The van der Waals surface area contributed by atoms with Gasteiger partial charge in [0.1, 0.15) is 0 Å². The van der Waals surface area contributed by atoms with Gasteiger partial charge >= 0.3 is 0 Å². The Morgan fingerprint density at radius 3 is 2.80 bits per heavy atom. The Morgan fingerprint density at radius 2 is 2.20 bits per heavy atom. The number of aromatic nitrogens is 1. The van der Waals surface area contributed by atoms with E-state index in [0.29, 0.717) is 0 Å². The molecular weight excluding hydrogens is 278 g/mol. The van der Waals surface area contributed by atoms with Crippen LogP contribution < -0.4 is 0 Å². The van der Waals surface area contributed by atoms with Gasteiger partial charge in [0, 0.05) is 31.9 Å². The molecule has 0 aliphatic heterocycles. The fourth-order valence-corrected chi connectivity index (χ4v) is 3.02. The molecule has 0 aromatic carbocycles. The lowest BCUT2D eigenvalue weighted by Gasteiger charge is -2.19. The van der Waals surface area contributed by atoms with E-state index in [4.69, 9.17) is 9.68 Å². The van der Waals surface area contributed by atoms with Crippen LogP contribution in [0.2, 0.25) is 0 Å². The van der Waals surface area contributed by atoms with Crippen LogP contribution in [0.5, 0.6) is 0 Å². The van der Waals surface area contributed by atoms with Crippen LogP contribution in [-0.2, 0) is 16.6 Å². The van der Waals surface area contributed by atoms with Crippen molar-refractivity contribution < 1.29 is 12.8 Å². The van der Waals surface area contributed by atoms with Crippen LogP contribution in [0.1, 0.15) is 12.0 Å². The summed E-state index contributed by atoms with van der Waals surface area (Å²) < 4.78 is 31.0. The van der Waals surface area contributed by atoms with Gasteiger partial charge in [0.25, 0.3) is 10.0 Å². The van der Waals surface area contributed by atoms with Crippen LogP contribution in [0.3, 0.4) is 0 Å². The van der Waals surface area contributed by atoms with Crippen LogP contribution >= 0.6 is 0 Å². The molecule has 0 atom stereocenters. The summed E-state index contributed by atoms with van der Waals surface area (Å²) in [5.74, 6) is 0. The van der Waals surface area contributed by atoms with E-state index < -0.39 is 10.0 Å². The third-order valence-corrected chi connectivity index (χ3v) is 4.38. The average Bonchev–Trinajstić information content (AvgIpc) is 2.99. The Morgan fingerprint density at radius 1 is 1.35 bits per heavy atom. The zero-order valence-electron chi connectivity index (χ0n) is 10.6. The number of nitriles is 1. The van der Waals surface area contributed by atoms with Crippen LogP contribution in [0, 0.1) is 11.3 Å². The molecule has 2 heterocycles. The molecule has 2 aromatic rings. The zero-order chi connectivity index (χ0) is 14.4. The van der Waals surface area contributed by atoms with Gasteiger partial charge in [-0.25, -0.2) is 8.42 Å². The molecule has 0 spiro atoms. The lowest BCUT2D eigenvalue weighted by molar-refractivity contribution is 0.379. The van der Waals surface area contributed by atoms with E-state index in [9.17, 15) is 8.42 Å². The smallest absolute Gasteiger partial charge is 0.276 e. The predicted octanol–water partition coefficient (Wildman–Crippen LogP) is 1.78. The summed E-state index contributed by atoms with van der Waals surface area (Å²) in [7, 11) is -3.74. The summed E-state index contributed by atoms with van der Waals surface area (Å²) in [6.07, 6.45) is 4.63. The monoisotopic (exact) mass is 291 g/mol. The number of nitrogens with zero attached hydrogens (tertiary/aromatic N) is 3. The van der Waals surface area contributed by atoms with E-state index in [1.807, 2.05) is 6.07 Å². The summed E-state index contributed by atoms with van der Waals surface area (Å²) in [6.45, 7) is 0.257. The molecule has 0 amide bonds. The van der Waals surface area contributed by atoms with Crippen molar-refractivity contribution in [3.63, 3.8) is 0 Å². The molecule has 0 fully saturated rings. The summed E-state index contributed by atoms with van der Waals surface area (Å²) in [6, 6.07) is 8.36. The van der Waals surface area contributed by atoms with Crippen molar-refractivity contribution in [2.75, 3.05) is 6.54 Å². The van der Waals surface area contributed by atoms with Crippen molar-refractivity contribution in [1.82, 2.24) is 9.29 Å². The van der Waals surface area contributed by atoms with Gasteiger partial charge < -0.3 is 4.42 Å². The first-order valence-corrected chi connectivity index (χ1v) is 7.38. The number of sulfonamides is 1. The first-order chi connectivity index (χ1) is 9.64. The highest BCUT2D eigenvalue weighted by Crippen LogP contribution is 2.18. The molecule has 0 aliphatic carbocycles. The second-order valence-electron chi connectivity index (χ2n) is 4.04. The van der Waals surface area contributed by atoms with E-state index in [1.165, 1.54) is 22.7 Å². The van der Waals surface area contributed by atoms with E-state index in [2.05, 4.69) is 4.98 Å². The maximum Gasteiger partial charge on any atom is 0.276 e. The molecule has 0 aliphatic rings. The van der Waals surface area contributed by atoms with Crippen molar-refractivity contribution in [3.05, 3.63) is 48.5 Å². The molecule has 20 heavy (non-hydrogen) atoms. The SMILES string of the molecule is N#CCCN(Cc1cccnc1)S(=O)(=O)c1ccco1. The van der Waals surface area contributed by atoms with Crippen LogP contribution in [0.15, 0.2) is 52.4 Å². The Hall–Kier alpha value is -2.17. The maximum atomic E-state index is 12.4. The molecule has 0 bridgehead atoms. The third-order valence-electron chi connectivity index (χ3n) is 2.64. The lowest BCUT2D eigenvalue weighted by Crippen LogP contribution is -2.31. The number of hydrogen-bond acceptors (Lipinski definition) is 5. The van der Waals surface area contributed by atoms with Gasteiger partial charge in [-0.3, -0.25) is 4.98 Å². The standard InChI is InChI=1S/C13H13N3O3S/c14-6-3-8-16(11-12-4-1-7-15-10-12)20(17,18)13-5-2-9-19-13/h1-2,4-5,7,9-10H,3,8,11H2. The molecule has 2 aromatic heterocycles. The Kier molecular flexibility index (Phi) is 4.50. The predicted molar refractivity (Wildman–Crippen MR) is 70.8 cm³/mol. The largest absolute Gasteiger partial charge is 0.452 e. The number of rotatable bonds is 6. The Balaban J connectivity index is 2.26. The summed E-state index contributed by atoms with van der Waals surface area (Å²) in [5, 5.41) is 8.54. The van der Waals surface area contributed by atoms with Crippen LogP contribution in [0.4, 0.5) is 0 Å². The van der Waals surface area contributed by atoms with E-state index in [1.54, 1.807) is 24.5 Å². The van der Waals surface area contributed by atoms with Gasteiger partial charge in [-0.2, -0.15) is 9.57 Å². The Bertz CT molecular complexity index is 675. The van der Waals surface area contributed by atoms with Gasteiger partial charge in [0.15, 0.2) is 0 Å². The average molecular weight is 291 g/mol. The lowest BCUT2D eigenvalue weighted by atomic mass is 10.3. The molecule has 0 unspecified atom stereocenters. The first-order valence-electron chi connectivity index (χ1n) is 5.94. The van der Waals surface area contributed by atoms with Crippen molar-refractivity contribution >= 4 is 10.0 Å². The summed E-state index contributed by atoms with van der Waals surface area (Å²) in [4.78, 5) is 3.95. The second-order valence-corrected chi connectivity index (χ2v) is 5.91. The molecule has 0 saturated carbocycles. The summed E-state index contributed by atoms with van der Waals surface area (Å²) >= 11 is 0. The summed E-state index contributed by atoms with van der Waals surface area (Å²) in [5.41, 5.74) is 0.751. The molecule has 0 N–H and O–H groups in total. The fraction of sp³-hybridized carbons (Fsp3) is 0.231. The normalized spacial score (nSPS) is 11.4. The first kappa shape index (κ1) is 14.2. The van der Waals surface area contributed by atoms with Gasteiger partial charge in [0.2, 0.25) is 5.09 Å². The minimum atomic E-state index is -3.74. The van der Waals surface area contributed by atoms with Gasteiger partial charge in [0.05, 0.1) is 12.3 Å². The van der Waals surface area contributed by atoms with E-state index >= 15 is 0 Å². The highest BCUT2D eigenvalue weighted by Gasteiger charge is 2.26. The van der Waals surface area contributed by atoms with Crippen molar-refractivity contribution in [2.45, 2.75) is 18.1 Å². The fourth-order valence-electron chi connectivity index (χ4n) is 1.69. The Labute approximate surface area is 117 Å². The minimum absolute atomic E-state index is 0.106. The van der Waals surface area contributed by atoms with Crippen molar-refractivity contribution in [1.29, 1.82) is 5.26 Å². The van der Waals surface area contributed by atoms with Crippen LogP contribution in [0.25, 0.3) is 0 Å². The second kappa shape index (κ2) is 6.32. The number of pyridine rings is 1. The van der Waals surface area contributed by atoms with Gasteiger partial charge in [-0.1, -0.05) is 6.07 Å². The molecule has 6 nitrogen and oxygen atoms in total. The molecule has 0 radical (unpaired) electrons. The van der Waals surface area contributed by atoms with Crippen molar-refractivity contribution in [2.24, 2.45) is 0 Å². The topological polar surface area (TPSA) is 87.2 Å².